The second kappa shape index (κ2) is 7.40. The molecule has 0 fully saturated rings. The van der Waals surface area contributed by atoms with Crippen LogP contribution in [0.1, 0.15) is 41.6 Å². The smallest absolute Gasteiger partial charge is 0.341 e. The number of aryl methyl sites for hydroxylation is 1. The maximum Gasteiger partial charge on any atom is 0.341 e. The van der Waals surface area contributed by atoms with Crippen LogP contribution >= 0.6 is 11.6 Å². The summed E-state index contributed by atoms with van der Waals surface area (Å²) in [6.45, 7) is 5.21. The number of carboxylic acid groups (broad SMARTS) is 1. The second-order valence-electron chi connectivity index (χ2n) is 5.56. The first-order chi connectivity index (χ1) is 11.3. The molecule has 0 bridgehead atoms. The maximum atomic E-state index is 12.4. The summed E-state index contributed by atoms with van der Waals surface area (Å²) in [5.74, 6) is 0.305. The van der Waals surface area contributed by atoms with Gasteiger partial charge in [-0.2, -0.15) is 0 Å². The van der Waals surface area contributed by atoms with Gasteiger partial charge in [-0.1, -0.05) is 25.4 Å². The lowest BCUT2D eigenvalue weighted by atomic mass is 10.1. The standard InChI is InChI=1S/C17H18ClNO5/c1-9(2)15-7-12(10(3)24-15)17(22)19-11-4-5-14(13(18)6-11)23-8-16(20)21/h4-7,9H,8H2,1-3H3,(H,19,22)(H,20,21). The largest absolute Gasteiger partial charge is 0.480 e. The molecule has 128 valence electrons. The Labute approximate surface area is 144 Å². The van der Waals surface area contributed by atoms with Crippen molar-refractivity contribution in [2.45, 2.75) is 26.7 Å². The van der Waals surface area contributed by atoms with Gasteiger partial charge in [-0.3, -0.25) is 4.79 Å². The summed E-state index contributed by atoms with van der Waals surface area (Å²) in [7, 11) is 0. The Balaban J connectivity index is 2.12. The highest BCUT2D eigenvalue weighted by molar-refractivity contribution is 6.32. The molecule has 0 unspecified atom stereocenters. The van der Waals surface area contributed by atoms with E-state index in [1.54, 1.807) is 19.1 Å². The van der Waals surface area contributed by atoms with E-state index in [9.17, 15) is 9.59 Å². The van der Waals surface area contributed by atoms with Crippen LogP contribution in [0.15, 0.2) is 28.7 Å². The van der Waals surface area contributed by atoms with E-state index in [-0.39, 0.29) is 22.6 Å². The number of benzene rings is 1. The number of aliphatic carboxylic acids is 1. The maximum absolute atomic E-state index is 12.4. The van der Waals surface area contributed by atoms with Crippen LogP contribution in [0.4, 0.5) is 5.69 Å². The number of nitrogens with one attached hydrogen (secondary N) is 1. The van der Waals surface area contributed by atoms with Gasteiger partial charge < -0.3 is 19.6 Å². The average molecular weight is 352 g/mol. The minimum Gasteiger partial charge on any atom is -0.480 e. The zero-order valence-electron chi connectivity index (χ0n) is 13.6. The molecule has 2 aromatic rings. The van der Waals surface area contributed by atoms with Crippen LogP contribution in [0.5, 0.6) is 5.75 Å². The molecule has 7 heteroatoms. The zero-order valence-corrected chi connectivity index (χ0v) is 14.3. The topological polar surface area (TPSA) is 88.8 Å². The summed E-state index contributed by atoms with van der Waals surface area (Å²) in [4.78, 5) is 22.9. The van der Waals surface area contributed by atoms with Crippen LogP contribution in [-0.2, 0) is 4.79 Å². The Hall–Kier alpha value is -2.47. The molecular weight excluding hydrogens is 334 g/mol. The summed E-state index contributed by atoms with van der Waals surface area (Å²) >= 11 is 6.03. The molecule has 0 saturated carbocycles. The van der Waals surface area contributed by atoms with Crippen LogP contribution in [0.25, 0.3) is 0 Å². The fourth-order valence-corrected chi connectivity index (χ4v) is 2.28. The molecule has 1 amide bonds. The van der Waals surface area contributed by atoms with Crippen molar-refractivity contribution in [3.63, 3.8) is 0 Å². The lowest BCUT2D eigenvalue weighted by Crippen LogP contribution is -2.12. The van der Waals surface area contributed by atoms with E-state index in [4.69, 9.17) is 25.9 Å². The van der Waals surface area contributed by atoms with Gasteiger partial charge in [0.25, 0.3) is 5.91 Å². The van der Waals surface area contributed by atoms with E-state index >= 15 is 0 Å². The van der Waals surface area contributed by atoms with E-state index in [1.165, 1.54) is 12.1 Å². The van der Waals surface area contributed by atoms with Gasteiger partial charge in [0.05, 0.1) is 10.6 Å². The molecule has 0 saturated heterocycles. The summed E-state index contributed by atoms with van der Waals surface area (Å²) in [6.07, 6.45) is 0. The van der Waals surface area contributed by atoms with Gasteiger partial charge in [0.2, 0.25) is 0 Å². The summed E-state index contributed by atoms with van der Waals surface area (Å²) < 4.78 is 10.6. The van der Waals surface area contributed by atoms with Crippen LogP contribution in [0.3, 0.4) is 0 Å². The van der Waals surface area contributed by atoms with Crippen LogP contribution in [0, 0.1) is 6.92 Å². The van der Waals surface area contributed by atoms with Gasteiger partial charge in [0.15, 0.2) is 6.61 Å². The SMILES string of the molecule is Cc1oc(C(C)C)cc1C(=O)Nc1ccc(OCC(=O)O)c(Cl)c1. The van der Waals surface area contributed by atoms with Gasteiger partial charge in [-0.05, 0) is 31.2 Å². The number of rotatable bonds is 6. The third kappa shape index (κ3) is 4.29. The van der Waals surface area contributed by atoms with Crippen molar-refractivity contribution in [2.24, 2.45) is 0 Å². The molecule has 24 heavy (non-hydrogen) atoms. The molecule has 6 nitrogen and oxygen atoms in total. The normalized spacial score (nSPS) is 10.7. The van der Waals surface area contributed by atoms with Crippen molar-refractivity contribution in [3.8, 4) is 5.75 Å². The molecule has 0 spiro atoms. The number of anilines is 1. The Morgan fingerprint density at radius 3 is 2.58 bits per heavy atom. The highest BCUT2D eigenvalue weighted by atomic mass is 35.5. The minimum atomic E-state index is -1.10. The van der Waals surface area contributed by atoms with Crippen molar-refractivity contribution >= 4 is 29.2 Å². The molecule has 0 atom stereocenters. The monoisotopic (exact) mass is 351 g/mol. The highest BCUT2D eigenvalue weighted by Crippen LogP contribution is 2.28. The summed E-state index contributed by atoms with van der Waals surface area (Å²) in [6, 6.07) is 6.30. The molecule has 1 aromatic heterocycles. The Morgan fingerprint density at radius 1 is 1.33 bits per heavy atom. The number of carbonyl (C=O) groups excluding carboxylic acids is 1. The van der Waals surface area contributed by atoms with Crippen LogP contribution in [-0.4, -0.2) is 23.6 Å². The molecule has 2 N–H and O–H groups in total. The third-order valence-electron chi connectivity index (χ3n) is 3.29. The molecule has 0 aliphatic carbocycles. The van der Waals surface area contributed by atoms with Crippen LogP contribution < -0.4 is 10.1 Å². The zero-order chi connectivity index (χ0) is 17.9. The molecule has 0 aliphatic heterocycles. The summed E-state index contributed by atoms with van der Waals surface area (Å²) in [5.41, 5.74) is 0.931. The van der Waals surface area contributed by atoms with E-state index < -0.39 is 12.6 Å². The Morgan fingerprint density at radius 2 is 2.04 bits per heavy atom. The Bertz CT molecular complexity index is 766. The lowest BCUT2D eigenvalue weighted by molar-refractivity contribution is -0.139. The predicted molar refractivity (Wildman–Crippen MR) is 90.1 cm³/mol. The van der Waals surface area contributed by atoms with Crippen molar-refractivity contribution in [1.82, 2.24) is 0 Å². The first kappa shape index (κ1) is 17.9. The fraction of sp³-hybridized carbons (Fsp3) is 0.294. The second-order valence-corrected chi connectivity index (χ2v) is 5.96. The van der Waals surface area contributed by atoms with Crippen LogP contribution in [0.2, 0.25) is 5.02 Å². The van der Waals surface area contributed by atoms with Gasteiger partial charge in [-0.25, -0.2) is 4.79 Å². The first-order valence-electron chi connectivity index (χ1n) is 7.33. The Kier molecular flexibility index (Phi) is 5.51. The van der Waals surface area contributed by atoms with Crippen molar-refractivity contribution in [1.29, 1.82) is 0 Å². The van der Waals surface area contributed by atoms with E-state index in [2.05, 4.69) is 5.32 Å². The molecule has 2 rings (SSSR count). The summed E-state index contributed by atoms with van der Waals surface area (Å²) in [5, 5.41) is 11.5. The number of halogens is 1. The average Bonchev–Trinajstić information content (AvgIpc) is 2.88. The highest BCUT2D eigenvalue weighted by Gasteiger charge is 2.17. The number of hydrogen-bond donors (Lipinski definition) is 2. The number of amides is 1. The van der Waals surface area contributed by atoms with Gasteiger partial charge in [0, 0.05) is 11.6 Å². The van der Waals surface area contributed by atoms with Gasteiger partial charge >= 0.3 is 5.97 Å². The van der Waals surface area contributed by atoms with Crippen molar-refractivity contribution < 1.29 is 23.8 Å². The molecule has 1 heterocycles. The number of furan rings is 1. The molecular formula is C17H18ClNO5. The van der Waals surface area contributed by atoms with E-state index in [0.717, 1.165) is 5.76 Å². The quantitative estimate of drug-likeness (QED) is 0.818. The molecule has 1 aromatic carbocycles. The van der Waals surface area contributed by atoms with Crippen molar-refractivity contribution in [2.75, 3.05) is 11.9 Å². The number of carbonyl (C=O) groups is 2. The minimum absolute atomic E-state index is 0.186. The number of ether oxygens (including phenoxy) is 1. The van der Waals surface area contributed by atoms with E-state index in [0.29, 0.717) is 17.0 Å². The van der Waals surface area contributed by atoms with Gasteiger partial charge in [-0.15, -0.1) is 0 Å². The molecule has 0 aliphatic rings. The third-order valence-corrected chi connectivity index (χ3v) is 3.59. The number of hydrogen-bond acceptors (Lipinski definition) is 4. The van der Waals surface area contributed by atoms with Crippen molar-refractivity contribution in [3.05, 3.63) is 46.4 Å². The molecule has 0 radical (unpaired) electrons. The lowest BCUT2D eigenvalue weighted by Gasteiger charge is -2.09. The predicted octanol–water partition coefficient (Wildman–Crippen LogP) is 4.08. The van der Waals surface area contributed by atoms with E-state index in [1.807, 2.05) is 13.8 Å². The fourth-order valence-electron chi connectivity index (χ4n) is 2.05. The number of carboxylic acids is 1. The van der Waals surface area contributed by atoms with Gasteiger partial charge in [0.1, 0.15) is 17.3 Å². The first-order valence-corrected chi connectivity index (χ1v) is 7.71.